The van der Waals surface area contributed by atoms with Crippen molar-refractivity contribution in [1.29, 1.82) is 0 Å². The number of rotatable bonds is 5. The lowest BCUT2D eigenvalue weighted by atomic mass is 9.86. The minimum Gasteiger partial charge on any atom is -0.451 e. The van der Waals surface area contributed by atoms with Gasteiger partial charge in [-0.3, -0.25) is 14.9 Å². The summed E-state index contributed by atoms with van der Waals surface area (Å²) in [6, 6.07) is 0.870. The van der Waals surface area contributed by atoms with Crippen molar-refractivity contribution in [3.63, 3.8) is 0 Å². The summed E-state index contributed by atoms with van der Waals surface area (Å²) in [5, 5.41) is 4.96. The summed E-state index contributed by atoms with van der Waals surface area (Å²) in [6.45, 7) is 2.89. The van der Waals surface area contributed by atoms with E-state index in [-0.39, 0.29) is 17.5 Å². The number of nitrogens with zero attached hydrogens (tertiary/aromatic N) is 1. The quantitative estimate of drug-likeness (QED) is 0.613. The fourth-order valence-corrected chi connectivity index (χ4v) is 3.06. The fourth-order valence-electron chi connectivity index (χ4n) is 3.06. The van der Waals surface area contributed by atoms with Crippen LogP contribution >= 0.6 is 0 Å². The lowest BCUT2D eigenvalue weighted by Gasteiger charge is -2.29. The zero-order chi connectivity index (χ0) is 19.3. The maximum absolute atomic E-state index is 12.0. The van der Waals surface area contributed by atoms with Gasteiger partial charge in [-0.1, -0.05) is 19.8 Å². The predicted molar refractivity (Wildman–Crippen MR) is 93.8 cm³/mol. The molecule has 1 aliphatic rings. The maximum atomic E-state index is 12.0. The van der Waals surface area contributed by atoms with Gasteiger partial charge in [0.2, 0.25) is 0 Å². The van der Waals surface area contributed by atoms with Crippen molar-refractivity contribution in [2.24, 2.45) is 13.0 Å². The molecular weight excluding hydrogens is 338 g/mol. The predicted octanol–water partition coefficient (Wildman–Crippen LogP) is 1.79. The van der Waals surface area contributed by atoms with Crippen molar-refractivity contribution in [3.05, 3.63) is 23.5 Å². The fraction of sp³-hybridized carbons (Fsp3) is 0.556. The van der Waals surface area contributed by atoms with E-state index in [2.05, 4.69) is 17.6 Å². The summed E-state index contributed by atoms with van der Waals surface area (Å²) in [7, 11) is 1.60. The van der Waals surface area contributed by atoms with Gasteiger partial charge in [0, 0.05) is 24.8 Å². The molecule has 1 aliphatic carbocycles. The Morgan fingerprint density at radius 2 is 1.92 bits per heavy atom. The number of carbonyl (C=O) groups is 4. The van der Waals surface area contributed by atoms with Gasteiger partial charge in [0.25, 0.3) is 5.91 Å². The third-order valence-corrected chi connectivity index (χ3v) is 4.64. The standard InChI is InChI=1S/C18H25N3O5/c1-11-6-4-5-7-14(11)19-18(25)20-16(23)10-26-17(24)15-8-13(12(2)22)9-21(15)3/h8-9,11,14H,4-7,10H2,1-3H3,(H2,19,20,23,25)/t11-,14+/m1/s1. The number of aryl methyl sites for hydroxylation is 1. The lowest BCUT2D eigenvalue weighted by molar-refractivity contribution is -0.123. The normalized spacial score (nSPS) is 19.5. The first-order chi connectivity index (χ1) is 12.3. The number of ketones is 1. The van der Waals surface area contributed by atoms with Gasteiger partial charge in [-0.15, -0.1) is 0 Å². The highest BCUT2D eigenvalue weighted by molar-refractivity contribution is 5.99. The average molecular weight is 363 g/mol. The minimum atomic E-state index is -0.739. The Balaban J connectivity index is 1.79. The molecule has 0 radical (unpaired) electrons. The highest BCUT2D eigenvalue weighted by Gasteiger charge is 2.23. The monoisotopic (exact) mass is 363 g/mol. The van der Waals surface area contributed by atoms with E-state index in [1.807, 2.05) is 0 Å². The SMILES string of the molecule is CC(=O)c1cc(C(=O)OCC(=O)NC(=O)N[C@H]2CCCC[C@H]2C)n(C)c1. The molecule has 2 atom stereocenters. The number of carbonyl (C=O) groups excluding carboxylic acids is 4. The van der Waals surface area contributed by atoms with Gasteiger partial charge >= 0.3 is 12.0 Å². The van der Waals surface area contributed by atoms with Crippen molar-refractivity contribution < 1.29 is 23.9 Å². The molecule has 0 saturated heterocycles. The Labute approximate surface area is 152 Å². The molecule has 0 aliphatic heterocycles. The van der Waals surface area contributed by atoms with Crippen LogP contribution in [0.15, 0.2) is 12.3 Å². The van der Waals surface area contributed by atoms with Crippen molar-refractivity contribution in [2.75, 3.05) is 6.61 Å². The van der Waals surface area contributed by atoms with Crippen molar-refractivity contribution >= 4 is 23.7 Å². The number of Topliss-reactive ketones (excluding diaryl/α,β-unsaturated/α-hetero) is 1. The number of hydrogen-bond donors (Lipinski definition) is 2. The average Bonchev–Trinajstić information content (AvgIpc) is 2.97. The second kappa shape index (κ2) is 8.64. The molecular formula is C18H25N3O5. The Bertz CT molecular complexity index is 710. The van der Waals surface area contributed by atoms with Gasteiger partial charge in [0.05, 0.1) is 0 Å². The minimum absolute atomic E-state index is 0.0486. The number of aromatic nitrogens is 1. The first-order valence-corrected chi connectivity index (χ1v) is 8.72. The molecule has 2 rings (SSSR count). The van der Waals surface area contributed by atoms with E-state index in [9.17, 15) is 19.2 Å². The maximum Gasteiger partial charge on any atom is 0.355 e. The van der Waals surface area contributed by atoms with Crippen LogP contribution in [0.1, 0.15) is 60.4 Å². The van der Waals surface area contributed by atoms with Crippen LogP contribution < -0.4 is 10.6 Å². The molecule has 142 valence electrons. The number of hydrogen-bond acceptors (Lipinski definition) is 5. The van der Waals surface area contributed by atoms with E-state index in [1.165, 1.54) is 23.8 Å². The van der Waals surface area contributed by atoms with E-state index in [1.54, 1.807) is 7.05 Å². The molecule has 1 aromatic heterocycles. The third-order valence-electron chi connectivity index (χ3n) is 4.64. The molecule has 1 saturated carbocycles. The van der Waals surface area contributed by atoms with Crippen LogP contribution in [0.4, 0.5) is 4.79 Å². The summed E-state index contributed by atoms with van der Waals surface area (Å²) >= 11 is 0. The molecule has 1 aromatic rings. The van der Waals surface area contributed by atoms with Gasteiger partial charge in [0.15, 0.2) is 12.4 Å². The van der Waals surface area contributed by atoms with Crippen LogP contribution in [0.25, 0.3) is 0 Å². The Kier molecular flexibility index (Phi) is 6.54. The molecule has 0 aromatic carbocycles. The number of amides is 3. The molecule has 3 amide bonds. The van der Waals surface area contributed by atoms with Gasteiger partial charge in [0.1, 0.15) is 5.69 Å². The molecule has 0 spiro atoms. The summed E-state index contributed by atoms with van der Waals surface area (Å²) in [4.78, 5) is 47.0. The van der Waals surface area contributed by atoms with Crippen molar-refractivity contribution in [1.82, 2.24) is 15.2 Å². The first kappa shape index (κ1) is 19.7. The number of ether oxygens (including phenoxy) is 1. The second-order valence-corrected chi connectivity index (χ2v) is 6.75. The molecule has 0 unspecified atom stereocenters. The van der Waals surface area contributed by atoms with E-state index < -0.39 is 24.5 Å². The summed E-state index contributed by atoms with van der Waals surface area (Å²) in [5.41, 5.74) is 0.536. The number of urea groups is 1. The Hall–Kier alpha value is -2.64. The Morgan fingerprint density at radius 3 is 2.54 bits per heavy atom. The zero-order valence-corrected chi connectivity index (χ0v) is 15.3. The lowest BCUT2D eigenvalue weighted by Crippen LogP contribution is -2.48. The van der Waals surface area contributed by atoms with Crippen molar-refractivity contribution in [3.8, 4) is 0 Å². The topological polar surface area (TPSA) is 106 Å². The van der Waals surface area contributed by atoms with Crippen molar-refractivity contribution in [2.45, 2.75) is 45.6 Å². The van der Waals surface area contributed by atoms with Crippen LogP contribution in [0.2, 0.25) is 0 Å². The van der Waals surface area contributed by atoms with E-state index >= 15 is 0 Å². The number of esters is 1. The summed E-state index contributed by atoms with van der Waals surface area (Å²) in [6.07, 6.45) is 5.66. The number of nitrogens with one attached hydrogen (secondary N) is 2. The molecule has 8 heteroatoms. The largest absolute Gasteiger partial charge is 0.451 e. The van der Waals surface area contributed by atoms with Gasteiger partial charge in [-0.25, -0.2) is 9.59 Å². The smallest absolute Gasteiger partial charge is 0.355 e. The molecule has 26 heavy (non-hydrogen) atoms. The Morgan fingerprint density at radius 1 is 1.23 bits per heavy atom. The molecule has 2 N–H and O–H groups in total. The highest BCUT2D eigenvalue weighted by Crippen LogP contribution is 2.23. The van der Waals surface area contributed by atoms with Crippen LogP contribution in [0.5, 0.6) is 0 Å². The van der Waals surface area contributed by atoms with Gasteiger partial charge < -0.3 is 14.6 Å². The number of imide groups is 1. The second-order valence-electron chi connectivity index (χ2n) is 6.75. The van der Waals surface area contributed by atoms with Crippen LogP contribution in [0, 0.1) is 5.92 Å². The van der Waals surface area contributed by atoms with Crippen LogP contribution in [0.3, 0.4) is 0 Å². The first-order valence-electron chi connectivity index (χ1n) is 8.72. The zero-order valence-electron chi connectivity index (χ0n) is 15.3. The van der Waals surface area contributed by atoms with E-state index in [4.69, 9.17) is 4.74 Å². The summed E-state index contributed by atoms with van der Waals surface area (Å²) < 4.78 is 6.37. The molecule has 0 bridgehead atoms. The van der Waals surface area contributed by atoms with Crippen LogP contribution in [-0.4, -0.2) is 40.9 Å². The molecule has 1 fully saturated rings. The van der Waals surface area contributed by atoms with E-state index in [0.717, 1.165) is 25.7 Å². The summed E-state index contributed by atoms with van der Waals surface area (Å²) in [5.74, 6) is -1.25. The van der Waals surface area contributed by atoms with Gasteiger partial charge in [-0.2, -0.15) is 0 Å². The molecule has 1 heterocycles. The third kappa shape index (κ3) is 5.18. The highest BCUT2D eigenvalue weighted by atomic mass is 16.5. The van der Waals surface area contributed by atoms with E-state index in [0.29, 0.717) is 11.5 Å². The van der Waals surface area contributed by atoms with Crippen LogP contribution in [-0.2, 0) is 16.6 Å². The van der Waals surface area contributed by atoms with Gasteiger partial charge in [-0.05, 0) is 31.7 Å². The molecule has 8 nitrogen and oxygen atoms in total.